The van der Waals surface area contributed by atoms with Crippen LogP contribution in [0.1, 0.15) is 13.3 Å². The Morgan fingerprint density at radius 1 is 1.38 bits per heavy atom. The first-order valence-corrected chi connectivity index (χ1v) is 8.69. The molecule has 0 spiro atoms. The van der Waals surface area contributed by atoms with Gasteiger partial charge in [-0.05, 0) is 31.4 Å². The van der Waals surface area contributed by atoms with Gasteiger partial charge < -0.3 is 24.6 Å². The van der Waals surface area contributed by atoms with Crippen molar-refractivity contribution in [2.24, 2.45) is 5.92 Å². The van der Waals surface area contributed by atoms with Crippen molar-refractivity contribution in [3.8, 4) is 5.75 Å². The summed E-state index contributed by atoms with van der Waals surface area (Å²) in [7, 11) is 1.69. The van der Waals surface area contributed by atoms with Crippen molar-refractivity contribution in [2.45, 2.75) is 19.4 Å². The summed E-state index contributed by atoms with van der Waals surface area (Å²) >= 11 is 0. The molecule has 2 atom stereocenters. The summed E-state index contributed by atoms with van der Waals surface area (Å²) in [4.78, 5) is 16.5. The number of anilines is 1. The van der Waals surface area contributed by atoms with Crippen molar-refractivity contribution in [3.05, 3.63) is 24.3 Å². The molecule has 3 rings (SSSR count). The number of rotatable bonds is 4. The van der Waals surface area contributed by atoms with E-state index in [0.29, 0.717) is 25.6 Å². The maximum absolute atomic E-state index is 12.3. The Balaban J connectivity index is 1.46. The van der Waals surface area contributed by atoms with Crippen LogP contribution in [0, 0.1) is 5.92 Å². The number of nitrogens with zero attached hydrogens (tertiary/aromatic N) is 2. The number of hydrogen-bond acceptors (Lipinski definition) is 4. The summed E-state index contributed by atoms with van der Waals surface area (Å²) in [5, 5.41) is 3.09. The van der Waals surface area contributed by atoms with E-state index >= 15 is 0 Å². The first-order chi connectivity index (χ1) is 11.7. The predicted octanol–water partition coefficient (Wildman–Crippen LogP) is 1.95. The van der Waals surface area contributed by atoms with Crippen molar-refractivity contribution in [1.29, 1.82) is 0 Å². The number of morpholine rings is 1. The molecule has 1 N–H and O–H groups in total. The highest BCUT2D eigenvalue weighted by molar-refractivity contribution is 5.74. The van der Waals surface area contributed by atoms with Gasteiger partial charge in [0.2, 0.25) is 0 Å². The topological polar surface area (TPSA) is 54.0 Å². The molecule has 2 fully saturated rings. The standard InChI is InChI=1S/C18H27N3O3/c1-14-12-21(8-9-24-14)18(22)19-11-15-6-7-20(13-15)16-4-3-5-17(10-16)23-2/h3-5,10,14-15H,6-9,11-13H2,1-2H3,(H,19,22). The third-order valence-corrected chi connectivity index (χ3v) is 4.77. The molecule has 0 radical (unpaired) electrons. The molecule has 24 heavy (non-hydrogen) atoms. The van der Waals surface area contributed by atoms with Crippen LogP contribution in [0.2, 0.25) is 0 Å². The van der Waals surface area contributed by atoms with Gasteiger partial charge in [-0.1, -0.05) is 6.07 Å². The second-order valence-corrected chi connectivity index (χ2v) is 6.62. The number of carbonyl (C=O) groups is 1. The van der Waals surface area contributed by atoms with E-state index in [9.17, 15) is 4.79 Å². The van der Waals surface area contributed by atoms with Crippen LogP contribution in [-0.4, -0.2) is 63.5 Å². The first kappa shape index (κ1) is 16.9. The molecule has 2 amide bonds. The van der Waals surface area contributed by atoms with Crippen LogP contribution in [-0.2, 0) is 4.74 Å². The molecule has 0 aromatic heterocycles. The molecule has 132 valence electrons. The third-order valence-electron chi connectivity index (χ3n) is 4.77. The molecule has 2 aliphatic rings. The van der Waals surface area contributed by atoms with Crippen molar-refractivity contribution in [1.82, 2.24) is 10.2 Å². The minimum Gasteiger partial charge on any atom is -0.497 e. The molecule has 6 heteroatoms. The van der Waals surface area contributed by atoms with Crippen LogP contribution < -0.4 is 15.0 Å². The van der Waals surface area contributed by atoms with Gasteiger partial charge in [-0.2, -0.15) is 0 Å². The van der Waals surface area contributed by atoms with Gasteiger partial charge in [0.25, 0.3) is 0 Å². The first-order valence-electron chi connectivity index (χ1n) is 8.69. The molecule has 0 bridgehead atoms. The zero-order valence-electron chi connectivity index (χ0n) is 14.5. The zero-order valence-corrected chi connectivity index (χ0v) is 14.5. The fraction of sp³-hybridized carbons (Fsp3) is 0.611. The second-order valence-electron chi connectivity index (χ2n) is 6.62. The van der Waals surface area contributed by atoms with Gasteiger partial charge >= 0.3 is 6.03 Å². The Hall–Kier alpha value is -1.95. The molecule has 1 aromatic carbocycles. The summed E-state index contributed by atoms with van der Waals surface area (Å²) in [5.74, 6) is 1.37. The molecule has 6 nitrogen and oxygen atoms in total. The van der Waals surface area contributed by atoms with E-state index in [1.165, 1.54) is 5.69 Å². The van der Waals surface area contributed by atoms with Crippen LogP contribution in [0.25, 0.3) is 0 Å². The summed E-state index contributed by atoms with van der Waals surface area (Å²) in [6.07, 6.45) is 1.22. The molecule has 1 aromatic rings. The van der Waals surface area contributed by atoms with E-state index < -0.39 is 0 Å². The Morgan fingerprint density at radius 3 is 3.04 bits per heavy atom. The van der Waals surface area contributed by atoms with E-state index in [2.05, 4.69) is 22.3 Å². The fourth-order valence-corrected chi connectivity index (χ4v) is 3.39. The maximum atomic E-state index is 12.3. The Labute approximate surface area is 143 Å². The van der Waals surface area contributed by atoms with Gasteiger partial charge in [0.1, 0.15) is 5.75 Å². The van der Waals surface area contributed by atoms with Crippen LogP contribution >= 0.6 is 0 Å². The minimum absolute atomic E-state index is 0.0324. The van der Waals surface area contributed by atoms with Crippen molar-refractivity contribution in [2.75, 3.05) is 51.3 Å². The lowest BCUT2D eigenvalue weighted by Crippen LogP contribution is -2.49. The SMILES string of the molecule is COc1cccc(N2CCC(CNC(=O)N3CCOC(C)C3)C2)c1. The number of ether oxygens (including phenoxy) is 2. The Bertz CT molecular complexity index is 566. The number of hydrogen-bond donors (Lipinski definition) is 1. The normalized spacial score (nSPS) is 24.1. The largest absolute Gasteiger partial charge is 0.497 e. The molecular formula is C18H27N3O3. The molecule has 2 unspecified atom stereocenters. The van der Waals surface area contributed by atoms with Crippen molar-refractivity contribution >= 4 is 11.7 Å². The predicted molar refractivity (Wildman–Crippen MR) is 93.7 cm³/mol. The molecule has 2 aliphatic heterocycles. The number of nitrogens with one attached hydrogen (secondary N) is 1. The maximum Gasteiger partial charge on any atom is 0.317 e. The van der Waals surface area contributed by atoms with Crippen LogP contribution in [0.15, 0.2) is 24.3 Å². The van der Waals surface area contributed by atoms with Gasteiger partial charge in [0.05, 0.1) is 19.8 Å². The Kier molecular flexibility index (Phi) is 5.45. The molecular weight excluding hydrogens is 306 g/mol. The monoisotopic (exact) mass is 333 g/mol. The number of methoxy groups -OCH3 is 1. The van der Waals surface area contributed by atoms with E-state index in [1.807, 2.05) is 24.0 Å². The number of benzene rings is 1. The lowest BCUT2D eigenvalue weighted by Gasteiger charge is -2.31. The number of amides is 2. The van der Waals surface area contributed by atoms with Gasteiger partial charge in [-0.15, -0.1) is 0 Å². The summed E-state index contributed by atoms with van der Waals surface area (Å²) in [5.41, 5.74) is 1.19. The van der Waals surface area contributed by atoms with Gasteiger partial charge in [0.15, 0.2) is 0 Å². The van der Waals surface area contributed by atoms with Crippen molar-refractivity contribution in [3.63, 3.8) is 0 Å². The van der Waals surface area contributed by atoms with E-state index in [1.54, 1.807) is 7.11 Å². The quantitative estimate of drug-likeness (QED) is 0.915. The molecule has 0 saturated carbocycles. The average Bonchev–Trinajstić information content (AvgIpc) is 3.09. The van der Waals surface area contributed by atoms with Crippen LogP contribution in [0.5, 0.6) is 5.75 Å². The molecule has 2 heterocycles. The number of urea groups is 1. The third kappa shape index (κ3) is 4.12. The molecule has 0 aliphatic carbocycles. The average molecular weight is 333 g/mol. The summed E-state index contributed by atoms with van der Waals surface area (Å²) < 4.78 is 10.8. The zero-order chi connectivity index (χ0) is 16.9. The second kappa shape index (κ2) is 7.75. The van der Waals surface area contributed by atoms with Gasteiger partial charge in [0, 0.05) is 44.5 Å². The lowest BCUT2D eigenvalue weighted by atomic mass is 10.1. The lowest BCUT2D eigenvalue weighted by molar-refractivity contribution is -0.00355. The fourth-order valence-electron chi connectivity index (χ4n) is 3.39. The van der Waals surface area contributed by atoms with E-state index in [-0.39, 0.29) is 12.1 Å². The smallest absolute Gasteiger partial charge is 0.317 e. The molecule has 2 saturated heterocycles. The summed E-state index contributed by atoms with van der Waals surface area (Å²) in [6, 6.07) is 8.18. The highest BCUT2D eigenvalue weighted by Crippen LogP contribution is 2.26. The minimum atomic E-state index is 0.0324. The highest BCUT2D eigenvalue weighted by Gasteiger charge is 2.25. The van der Waals surface area contributed by atoms with Gasteiger partial charge in [-0.25, -0.2) is 4.79 Å². The van der Waals surface area contributed by atoms with Crippen LogP contribution in [0.3, 0.4) is 0 Å². The Morgan fingerprint density at radius 2 is 2.25 bits per heavy atom. The van der Waals surface area contributed by atoms with E-state index in [0.717, 1.165) is 31.8 Å². The van der Waals surface area contributed by atoms with Crippen LogP contribution in [0.4, 0.5) is 10.5 Å². The van der Waals surface area contributed by atoms with Crippen molar-refractivity contribution < 1.29 is 14.3 Å². The number of carbonyl (C=O) groups excluding carboxylic acids is 1. The van der Waals surface area contributed by atoms with E-state index in [4.69, 9.17) is 9.47 Å². The summed E-state index contributed by atoms with van der Waals surface area (Å²) in [6.45, 7) is 6.69. The van der Waals surface area contributed by atoms with Gasteiger partial charge in [-0.3, -0.25) is 0 Å². The highest BCUT2D eigenvalue weighted by atomic mass is 16.5.